The van der Waals surface area contributed by atoms with Crippen LogP contribution in [-0.2, 0) is 47.3 Å². The molecule has 324 valence electrons. The summed E-state index contributed by atoms with van der Waals surface area (Å²) >= 11 is 0. The maximum Gasteiger partial charge on any atom is 0.252 e. The van der Waals surface area contributed by atoms with Crippen molar-refractivity contribution in [2.24, 2.45) is 0 Å². The average molecular weight is 823 g/mol. The molecule has 0 amide bonds. The maximum atomic E-state index is 2.73. The number of hydrogen-bond acceptors (Lipinski definition) is 2. The normalized spacial score (nSPS) is 16.9. The first-order chi connectivity index (χ1) is 29.2. The smallest absolute Gasteiger partial charge is 0.252 e. The van der Waals surface area contributed by atoms with Gasteiger partial charge >= 0.3 is 0 Å². The van der Waals surface area contributed by atoms with Crippen LogP contribution < -0.4 is 26.2 Å². The molecular weight excluding hydrogens is 747 g/mol. The van der Waals surface area contributed by atoms with Crippen LogP contribution in [0.3, 0.4) is 0 Å². The van der Waals surface area contributed by atoms with E-state index in [2.05, 4.69) is 173 Å². The fourth-order valence-corrected chi connectivity index (χ4v) is 11.1. The molecule has 4 aliphatic rings. The van der Waals surface area contributed by atoms with E-state index in [4.69, 9.17) is 0 Å². The first-order valence-corrected chi connectivity index (χ1v) is 24.6. The predicted molar refractivity (Wildman–Crippen MR) is 272 cm³/mol. The van der Waals surface area contributed by atoms with Crippen LogP contribution in [0.5, 0.6) is 0 Å². The third-order valence-electron chi connectivity index (χ3n) is 15.0. The zero-order chi connectivity index (χ0) is 44.1. The third-order valence-corrected chi connectivity index (χ3v) is 15.0. The van der Waals surface area contributed by atoms with Crippen molar-refractivity contribution in [3.05, 3.63) is 123 Å². The molecule has 5 aromatic rings. The summed E-state index contributed by atoms with van der Waals surface area (Å²) in [6, 6.07) is 31.0. The first kappa shape index (κ1) is 43.0. The van der Waals surface area contributed by atoms with Crippen molar-refractivity contribution in [2.45, 2.75) is 189 Å². The Morgan fingerprint density at radius 2 is 0.661 bits per heavy atom. The molecule has 2 aliphatic carbocycles. The molecule has 5 aromatic carbocycles. The van der Waals surface area contributed by atoms with Gasteiger partial charge in [-0.2, -0.15) is 0 Å². The van der Waals surface area contributed by atoms with Gasteiger partial charge in [0.2, 0.25) is 0 Å². The number of benzene rings is 5. The van der Waals surface area contributed by atoms with Crippen molar-refractivity contribution in [3.63, 3.8) is 0 Å². The molecule has 2 aliphatic heterocycles. The van der Waals surface area contributed by atoms with Gasteiger partial charge in [0.15, 0.2) is 0 Å². The number of hydrogen-bond donors (Lipinski definition) is 0. The van der Waals surface area contributed by atoms with Crippen molar-refractivity contribution >= 4 is 57.2 Å². The summed E-state index contributed by atoms with van der Waals surface area (Å²) in [4.78, 5) is 5.45. The summed E-state index contributed by atoms with van der Waals surface area (Å²) in [5.74, 6) is 0. The Morgan fingerprint density at radius 1 is 0.355 bits per heavy atom. The molecule has 0 aromatic heterocycles. The van der Waals surface area contributed by atoms with E-state index in [1.54, 1.807) is 22.3 Å². The molecule has 0 fully saturated rings. The number of nitrogens with zero attached hydrogens (tertiary/aromatic N) is 2. The van der Waals surface area contributed by atoms with E-state index in [1.807, 2.05) is 0 Å². The lowest BCUT2D eigenvalue weighted by atomic mass is 9.33. The molecular formula is C59H75BN2. The SMILES string of the molecule is Cc1cc2c3c(c1)N(c1cc(C(C)(C)C)cc(C(C)(C)C)c1)c1cc4c(cc1B3c1cc3c(cc1N2c1cc(C(C)(C)C)cc(C(C)(C)C)c1)CCCCCC3)CCCCCC4. The standard InChI is InChI=1S/C59H75BN2/c1-38-26-53-55-54(27-38)62(48-36-45(58(8,9)10)33-46(37-48)59(11,12)13)52-31-42-25-21-17-15-19-23-40(42)29-50(52)60(55)49-28-39-22-18-14-16-20-24-41(39)30-51(49)61(53)47-34-43(56(2,3)4)32-44(35-47)57(5,6)7/h26-37H,14-25H2,1-13H3. The summed E-state index contributed by atoms with van der Waals surface area (Å²) in [6.07, 6.45) is 15.1. The third kappa shape index (κ3) is 7.87. The van der Waals surface area contributed by atoms with Gasteiger partial charge in [-0.05, 0) is 195 Å². The van der Waals surface area contributed by atoms with Crippen molar-refractivity contribution in [2.75, 3.05) is 9.80 Å². The summed E-state index contributed by atoms with van der Waals surface area (Å²) in [5.41, 5.74) is 25.7. The molecule has 0 saturated carbocycles. The lowest BCUT2D eigenvalue weighted by Gasteiger charge is -2.46. The monoisotopic (exact) mass is 823 g/mol. The highest BCUT2D eigenvalue weighted by atomic mass is 15.2. The Labute approximate surface area is 377 Å². The van der Waals surface area contributed by atoms with E-state index in [9.17, 15) is 0 Å². The van der Waals surface area contributed by atoms with Crippen LogP contribution in [0, 0.1) is 6.92 Å². The van der Waals surface area contributed by atoms with E-state index in [0.717, 1.165) is 0 Å². The van der Waals surface area contributed by atoms with E-state index in [0.29, 0.717) is 0 Å². The summed E-state index contributed by atoms with van der Waals surface area (Å²) in [5, 5.41) is 0. The van der Waals surface area contributed by atoms with Gasteiger partial charge in [0.25, 0.3) is 6.71 Å². The minimum atomic E-state index is 0.00444. The highest BCUT2D eigenvalue weighted by Gasteiger charge is 2.45. The minimum absolute atomic E-state index is 0.00444. The molecule has 3 heteroatoms. The maximum absolute atomic E-state index is 2.73. The lowest BCUT2D eigenvalue weighted by Crippen LogP contribution is -2.61. The second-order valence-electron chi connectivity index (χ2n) is 24.0. The number of fused-ring (bicyclic) bond motifs is 6. The summed E-state index contributed by atoms with van der Waals surface area (Å²) < 4.78 is 0. The zero-order valence-electron chi connectivity index (χ0n) is 40.9. The number of aryl methyl sites for hydroxylation is 5. The quantitative estimate of drug-likeness (QED) is 0.160. The molecule has 0 unspecified atom stereocenters. The molecule has 0 bridgehead atoms. The molecule has 62 heavy (non-hydrogen) atoms. The molecule has 0 atom stereocenters. The van der Waals surface area contributed by atoms with Gasteiger partial charge in [-0.15, -0.1) is 0 Å². The molecule has 2 nitrogen and oxygen atoms in total. The Morgan fingerprint density at radius 3 is 0.968 bits per heavy atom. The molecule has 0 spiro atoms. The van der Waals surface area contributed by atoms with E-state index in [1.165, 1.54) is 155 Å². The van der Waals surface area contributed by atoms with Crippen LogP contribution in [0.2, 0.25) is 0 Å². The fourth-order valence-electron chi connectivity index (χ4n) is 11.1. The second kappa shape index (κ2) is 15.5. The molecule has 9 rings (SSSR count). The Hall–Kier alpha value is -4.24. The Bertz CT molecular complexity index is 2310. The fraction of sp³-hybridized carbons (Fsp3) is 0.492. The van der Waals surface area contributed by atoms with Crippen molar-refractivity contribution < 1.29 is 0 Å². The van der Waals surface area contributed by atoms with Crippen LogP contribution in [0.15, 0.2) is 72.8 Å². The van der Waals surface area contributed by atoms with Gasteiger partial charge in [-0.25, -0.2) is 0 Å². The summed E-state index contributed by atoms with van der Waals surface area (Å²) in [7, 11) is 0. The van der Waals surface area contributed by atoms with Gasteiger partial charge in [-0.1, -0.05) is 133 Å². The van der Waals surface area contributed by atoms with Crippen LogP contribution in [0.1, 0.15) is 185 Å². The van der Waals surface area contributed by atoms with Gasteiger partial charge in [0, 0.05) is 34.1 Å². The lowest BCUT2D eigenvalue weighted by molar-refractivity contribution is 0.568. The zero-order valence-corrected chi connectivity index (χ0v) is 40.9. The number of anilines is 6. The van der Waals surface area contributed by atoms with Gasteiger partial charge in [-0.3, -0.25) is 0 Å². The largest absolute Gasteiger partial charge is 0.311 e. The molecule has 0 N–H and O–H groups in total. The van der Waals surface area contributed by atoms with Crippen LogP contribution in [-0.4, -0.2) is 6.71 Å². The Balaban J connectivity index is 1.41. The predicted octanol–water partition coefficient (Wildman–Crippen LogP) is 14.6. The molecule has 2 heterocycles. The minimum Gasteiger partial charge on any atom is -0.311 e. The first-order valence-electron chi connectivity index (χ1n) is 24.6. The highest BCUT2D eigenvalue weighted by Crippen LogP contribution is 2.48. The topological polar surface area (TPSA) is 6.48 Å². The van der Waals surface area contributed by atoms with Crippen molar-refractivity contribution in [1.29, 1.82) is 0 Å². The van der Waals surface area contributed by atoms with Crippen molar-refractivity contribution in [1.82, 2.24) is 0 Å². The average Bonchev–Trinajstić information content (AvgIpc) is 3.16. The van der Waals surface area contributed by atoms with E-state index < -0.39 is 0 Å². The van der Waals surface area contributed by atoms with Crippen molar-refractivity contribution in [3.8, 4) is 0 Å². The van der Waals surface area contributed by atoms with Crippen LogP contribution >= 0.6 is 0 Å². The Kier molecular flexibility index (Phi) is 10.7. The number of rotatable bonds is 2. The van der Waals surface area contributed by atoms with E-state index >= 15 is 0 Å². The van der Waals surface area contributed by atoms with Crippen LogP contribution in [0.4, 0.5) is 34.1 Å². The van der Waals surface area contributed by atoms with Crippen LogP contribution in [0.25, 0.3) is 0 Å². The van der Waals surface area contributed by atoms with Gasteiger partial charge < -0.3 is 9.80 Å². The molecule has 0 saturated heterocycles. The van der Waals surface area contributed by atoms with E-state index in [-0.39, 0.29) is 28.4 Å². The van der Waals surface area contributed by atoms with Gasteiger partial charge in [0.1, 0.15) is 0 Å². The van der Waals surface area contributed by atoms with Gasteiger partial charge in [0.05, 0.1) is 0 Å². The second-order valence-corrected chi connectivity index (χ2v) is 24.0. The highest BCUT2D eigenvalue weighted by molar-refractivity contribution is 7.00. The summed E-state index contributed by atoms with van der Waals surface area (Å²) in [6.45, 7) is 31.1. The molecule has 0 radical (unpaired) electrons.